The highest BCUT2D eigenvalue weighted by Crippen LogP contribution is 2.36. The summed E-state index contributed by atoms with van der Waals surface area (Å²) < 4.78 is 5.57. The number of carbonyl (C=O) groups is 1. The third-order valence-electron chi connectivity index (χ3n) is 5.00. The van der Waals surface area contributed by atoms with Gasteiger partial charge < -0.3 is 9.64 Å². The molecule has 3 rings (SSSR count). The second-order valence-electron chi connectivity index (χ2n) is 6.33. The van der Waals surface area contributed by atoms with Crippen LogP contribution in [0, 0.1) is 23.2 Å². The molecule has 0 bridgehead atoms. The molecule has 1 saturated carbocycles. The van der Waals surface area contributed by atoms with Crippen LogP contribution in [0.5, 0.6) is 5.75 Å². The fourth-order valence-electron chi connectivity index (χ4n) is 3.74. The lowest BCUT2D eigenvalue weighted by Gasteiger charge is -2.41. The quantitative estimate of drug-likeness (QED) is 0.862. The molecule has 1 saturated heterocycles. The van der Waals surface area contributed by atoms with E-state index in [1.165, 1.54) is 25.7 Å². The zero-order valence-electron chi connectivity index (χ0n) is 12.8. The number of likely N-dealkylation sites (tertiary alicyclic amines) is 1. The summed E-state index contributed by atoms with van der Waals surface area (Å²) in [5.41, 5.74) is 0.473. The summed E-state index contributed by atoms with van der Waals surface area (Å²) >= 11 is 0. The van der Waals surface area contributed by atoms with E-state index in [2.05, 4.69) is 6.07 Å². The summed E-state index contributed by atoms with van der Waals surface area (Å²) in [6.07, 6.45) is 6.37. The number of benzene rings is 1. The molecule has 2 atom stereocenters. The fraction of sp³-hybridized carbons (Fsp3) is 0.556. The van der Waals surface area contributed by atoms with E-state index >= 15 is 0 Å². The van der Waals surface area contributed by atoms with Crippen molar-refractivity contribution in [1.82, 2.24) is 4.90 Å². The van der Waals surface area contributed by atoms with Crippen molar-refractivity contribution in [3.63, 3.8) is 0 Å². The average molecular weight is 298 g/mol. The Hall–Kier alpha value is -2.02. The van der Waals surface area contributed by atoms with E-state index in [0.29, 0.717) is 17.2 Å². The third kappa shape index (κ3) is 3.24. The molecule has 1 aromatic carbocycles. The van der Waals surface area contributed by atoms with Crippen molar-refractivity contribution in [1.29, 1.82) is 5.26 Å². The minimum absolute atomic E-state index is 0.0239. The first-order valence-corrected chi connectivity index (χ1v) is 8.17. The largest absolute Gasteiger partial charge is 0.482 e. The number of ether oxygens (including phenoxy) is 1. The summed E-state index contributed by atoms with van der Waals surface area (Å²) in [6.45, 7) is 1.76. The van der Waals surface area contributed by atoms with Gasteiger partial charge in [-0.15, -0.1) is 0 Å². The van der Waals surface area contributed by atoms with Crippen LogP contribution in [0.1, 0.15) is 37.7 Å². The minimum atomic E-state index is 0.0239. The molecule has 2 aliphatic rings. The number of rotatable bonds is 3. The minimum Gasteiger partial charge on any atom is -0.482 e. The molecule has 22 heavy (non-hydrogen) atoms. The van der Waals surface area contributed by atoms with Crippen molar-refractivity contribution in [2.24, 2.45) is 11.8 Å². The van der Waals surface area contributed by atoms with Crippen LogP contribution in [-0.2, 0) is 4.79 Å². The molecule has 4 nitrogen and oxygen atoms in total. The lowest BCUT2D eigenvalue weighted by Crippen LogP contribution is -2.46. The van der Waals surface area contributed by atoms with E-state index in [0.717, 1.165) is 25.4 Å². The molecule has 4 heteroatoms. The summed E-state index contributed by atoms with van der Waals surface area (Å²) in [6, 6.07) is 9.13. The Bertz CT molecular complexity index is 579. The van der Waals surface area contributed by atoms with Crippen LogP contribution < -0.4 is 4.74 Å². The number of piperidine rings is 1. The Kier molecular flexibility index (Phi) is 4.62. The number of carbonyl (C=O) groups excluding carboxylic acids is 1. The molecule has 0 radical (unpaired) electrons. The second-order valence-corrected chi connectivity index (χ2v) is 6.33. The maximum Gasteiger partial charge on any atom is 0.260 e. The Morgan fingerprint density at radius 3 is 2.82 bits per heavy atom. The SMILES string of the molecule is N#Cc1ccccc1OCC(=O)N1CC[C@H]2CCCC[C@H]2C1. The van der Waals surface area contributed by atoms with Crippen LogP contribution in [0.25, 0.3) is 0 Å². The monoisotopic (exact) mass is 298 g/mol. The number of para-hydroxylation sites is 1. The predicted molar refractivity (Wildman–Crippen MR) is 83.3 cm³/mol. The molecule has 2 fully saturated rings. The molecule has 0 unspecified atom stereocenters. The number of amides is 1. The Balaban J connectivity index is 1.55. The molecule has 1 aliphatic carbocycles. The van der Waals surface area contributed by atoms with Crippen LogP contribution in [0.2, 0.25) is 0 Å². The number of nitrogens with zero attached hydrogens (tertiary/aromatic N) is 2. The van der Waals surface area contributed by atoms with Gasteiger partial charge in [0.15, 0.2) is 6.61 Å². The van der Waals surface area contributed by atoms with Gasteiger partial charge in [-0.25, -0.2) is 0 Å². The summed E-state index contributed by atoms with van der Waals surface area (Å²) in [5.74, 6) is 2.03. The van der Waals surface area contributed by atoms with Gasteiger partial charge in [-0.05, 0) is 36.8 Å². The van der Waals surface area contributed by atoms with E-state index in [4.69, 9.17) is 10.00 Å². The lowest BCUT2D eigenvalue weighted by atomic mass is 9.75. The number of fused-ring (bicyclic) bond motifs is 1. The summed E-state index contributed by atoms with van der Waals surface area (Å²) in [5, 5.41) is 9.04. The Morgan fingerprint density at radius 2 is 2.00 bits per heavy atom. The molecule has 1 heterocycles. The molecule has 0 N–H and O–H groups in total. The Morgan fingerprint density at radius 1 is 1.23 bits per heavy atom. The van der Waals surface area contributed by atoms with Gasteiger partial charge >= 0.3 is 0 Å². The van der Waals surface area contributed by atoms with Crippen LogP contribution in [0.3, 0.4) is 0 Å². The smallest absolute Gasteiger partial charge is 0.260 e. The zero-order chi connectivity index (χ0) is 15.4. The van der Waals surface area contributed by atoms with Gasteiger partial charge in [-0.2, -0.15) is 5.26 Å². The van der Waals surface area contributed by atoms with Gasteiger partial charge in [0.05, 0.1) is 5.56 Å². The molecule has 1 aromatic rings. The first-order chi connectivity index (χ1) is 10.8. The van der Waals surface area contributed by atoms with Gasteiger partial charge in [0.1, 0.15) is 11.8 Å². The number of hydrogen-bond donors (Lipinski definition) is 0. The molecule has 116 valence electrons. The highest BCUT2D eigenvalue weighted by atomic mass is 16.5. The normalized spacial score (nSPS) is 24.2. The lowest BCUT2D eigenvalue weighted by molar-refractivity contribution is -0.136. The van der Waals surface area contributed by atoms with E-state index in [-0.39, 0.29) is 12.5 Å². The standard InChI is InChI=1S/C18H22N2O2/c19-11-15-6-3-4-8-17(15)22-13-18(21)20-10-9-14-5-1-2-7-16(14)12-20/h3-4,6,8,14,16H,1-2,5,7,9-10,12-13H2/t14-,16+/m1/s1. The molecule has 0 spiro atoms. The van der Waals surface area contributed by atoms with Crippen molar-refractivity contribution in [3.05, 3.63) is 29.8 Å². The first-order valence-electron chi connectivity index (χ1n) is 8.17. The zero-order valence-corrected chi connectivity index (χ0v) is 12.8. The molecule has 1 amide bonds. The van der Waals surface area contributed by atoms with Crippen LogP contribution in [-0.4, -0.2) is 30.5 Å². The van der Waals surface area contributed by atoms with Gasteiger partial charge in [0, 0.05) is 13.1 Å². The highest BCUT2D eigenvalue weighted by Gasteiger charge is 2.32. The van der Waals surface area contributed by atoms with Crippen LogP contribution in [0.4, 0.5) is 0 Å². The maximum atomic E-state index is 12.4. The molecular formula is C18H22N2O2. The van der Waals surface area contributed by atoms with E-state index in [1.807, 2.05) is 11.0 Å². The van der Waals surface area contributed by atoms with Gasteiger partial charge in [0.2, 0.25) is 0 Å². The van der Waals surface area contributed by atoms with Gasteiger partial charge in [0.25, 0.3) is 5.91 Å². The van der Waals surface area contributed by atoms with Gasteiger partial charge in [-0.1, -0.05) is 31.4 Å². The Labute approximate surface area is 131 Å². The van der Waals surface area contributed by atoms with Crippen molar-refractivity contribution >= 4 is 5.91 Å². The number of nitriles is 1. The van der Waals surface area contributed by atoms with E-state index < -0.39 is 0 Å². The van der Waals surface area contributed by atoms with Crippen LogP contribution >= 0.6 is 0 Å². The third-order valence-corrected chi connectivity index (χ3v) is 5.00. The molecular weight excluding hydrogens is 276 g/mol. The fourth-order valence-corrected chi connectivity index (χ4v) is 3.74. The highest BCUT2D eigenvalue weighted by molar-refractivity contribution is 5.78. The van der Waals surface area contributed by atoms with Gasteiger partial charge in [-0.3, -0.25) is 4.79 Å². The van der Waals surface area contributed by atoms with Crippen molar-refractivity contribution in [2.75, 3.05) is 19.7 Å². The maximum absolute atomic E-state index is 12.4. The predicted octanol–water partition coefficient (Wildman–Crippen LogP) is 2.98. The number of hydrogen-bond acceptors (Lipinski definition) is 3. The summed E-state index contributed by atoms with van der Waals surface area (Å²) in [7, 11) is 0. The molecule has 0 aromatic heterocycles. The van der Waals surface area contributed by atoms with Crippen molar-refractivity contribution in [3.8, 4) is 11.8 Å². The molecule has 1 aliphatic heterocycles. The second kappa shape index (κ2) is 6.83. The van der Waals surface area contributed by atoms with E-state index in [9.17, 15) is 4.79 Å². The average Bonchev–Trinajstić information content (AvgIpc) is 2.59. The van der Waals surface area contributed by atoms with Crippen LogP contribution in [0.15, 0.2) is 24.3 Å². The summed E-state index contributed by atoms with van der Waals surface area (Å²) in [4.78, 5) is 14.3. The van der Waals surface area contributed by atoms with Crippen molar-refractivity contribution in [2.45, 2.75) is 32.1 Å². The topological polar surface area (TPSA) is 53.3 Å². The van der Waals surface area contributed by atoms with Crippen molar-refractivity contribution < 1.29 is 9.53 Å². The first kappa shape index (κ1) is 14.9. The van der Waals surface area contributed by atoms with E-state index in [1.54, 1.807) is 18.2 Å².